The minimum atomic E-state index is -4.41. The molecular formula is C32H29F3N4O5. The van der Waals surface area contributed by atoms with Crippen molar-refractivity contribution in [2.75, 3.05) is 26.2 Å². The number of fused-ring (bicyclic) bond motifs is 1. The third-order valence-electron chi connectivity index (χ3n) is 8.11. The third kappa shape index (κ3) is 5.47. The van der Waals surface area contributed by atoms with E-state index in [2.05, 4.69) is 5.16 Å². The van der Waals surface area contributed by atoms with Gasteiger partial charge in [-0.2, -0.15) is 13.2 Å². The van der Waals surface area contributed by atoms with Crippen LogP contribution in [0.15, 0.2) is 78.0 Å². The largest absolute Gasteiger partial charge is 0.450 e. The van der Waals surface area contributed by atoms with Crippen LogP contribution in [0.1, 0.15) is 57.8 Å². The van der Waals surface area contributed by atoms with E-state index in [-0.39, 0.29) is 25.3 Å². The van der Waals surface area contributed by atoms with Gasteiger partial charge in [0, 0.05) is 24.7 Å². The highest BCUT2D eigenvalue weighted by Gasteiger charge is 2.43. The number of alkyl halides is 3. The Hall–Kier alpha value is -4.87. The molecule has 1 saturated heterocycles. The molecule has 1 unspecified atom stereocenters. The van der Waals surface area contributed by atoms with Crippen LogP contribution in [0.5, 0.6) is 0 Å². The maximum absolute atomic E-state index is 13.1. The van der Waals surface area contributed by atoms with E-state index in [1.54, 1.807) is 48.2 Å². The molecule has 3 aromatic rings. The van der Waals surface area contributed by atoms with Crippen LogP contribution in [0.3, 0.4) is 0 Å². The highest BCUT2D eigenvalue weighted by molar-refractivity contribution is 6.22. The topological polar surface area (TPSA) is 91.8 Å². The molecule has 1 fully saturated rings. The Morgan fingerprint density at radius 3 is 2.02 bits per heavy atom. The monoisotopic (exact) mass is 606 g/mol. The van der Waals surface area contributed by atoms with Crippen molar-refractivity contribution >= 4 is 23.7 Å². The number of ether oxygens (including phenoxy) is 1. The average Bonchev–Trinajstić information content (AvgIpc) is 3.56. The summed E-state index contributed by atoms with van der Waals surface area (Å²) in [6, 6.07) is 18.7. The Morgan fingerprint density at radius 2 is 1.48 bits per heavy atom. The highest BCUT2D eigenvalue weighted by Crippen LogP contribution is 2.36. The third-order valence-corrected chi connectivity index (χ3v) is 8.11. The number of carbonyl (C=O) groups is 3. The zero-order chi connectivity index (χ0) is 31.0. The summed E-state index contributed by atoms with van der Waals surface area (Å²) >= 11 is 0. The van der Waals surface area contributed by atoms with Crippen molar-refractivity contribution in [3.05, 3.63) is 95.1 Å². The van der Waals surface area contributed by atoms with Crippen molar-refractivity contribution in [1.82, 2.24) is 14.7 Å². The number of imide groups is 1. The van der Waals surface area contributed by atoms with Crippen LogP contribution in [0.25, 0.3) is 11.1 Å². The van der Waals surface area contributed by atoms with Gasteiger partial charge in [0.25, 0.3) is 11.8 Å². The van der Waals surface area contributed by atoms with E-state index in [0.717, 1.165) is 28.2 Å². The molecule has 0 saturated carbocycles. The molecule has 12 heteroatoms. The van der Waals surface area contributed by atoms with Crippen molar-refractivity contribution in [3.63, 3.8) is 0 Å². The van der Waals surface area contributed by atoms with Gasteiger partial charge in [-0.3, -0.25) is 14.5 Å². The van der Waals surface area contributed by atoms with Gasteiger partial charge >= 0.3 is 12.3 Å². The molecule has 0 aliphatic carbocycles. The van der Waals surface area contributed by atoms with Gasteiger partial charge in [-0.25, -0.2) is 4.79 Å². The van der Waals surface area contributed by atoms with Crippen LogP contribution in [-0.2, 0) is 15.8 Å². The fourth-order valence-electron chi connectivity index (χ4n) is 5.84. The zero-order valence-electron chi connectivity index (χ0n) is 23.8. The SMILES string of the molecule is CCOC(=O)N1CCC(N2C(CN3C(=O)c4ccccc4C3=O)=NOC2c2ccc(-c3ccc(C(F)(F)F)cc3)cc2)CC1. The van der Waals surface area contributed by atoms with Crippen LogP contribution in [0.2, 0.25) is 0 Å². The number of carbonyl (C=O) groups excluding carboxylic acids is 3. The maximum atomic E-state index is 13.1. The zero-order valence-corrected chi connectivity index (χ0v) is 23.8. The highest BCUT2D eigenvalue weighted by atomic mass is 19.4. The number of hydrogen-bond acceptors (Lipinski definition) is 7. The smallest absolute Gasteiger partial charge is 0.416 e. The number of oxime groups is 1. The van der Waals surface area contributed by atoms with Crippen molar-refractivity contribution in [2.45, 2.75) is 38.2 Å². The van der Waals surface area contributed by atoms with Gasteiger partial charge in [-0.1, -0.05) is 53.7 Å². The fraction of sp³-hybridized carbons (Fsp3) is 0.312. The standard InChI is InChI=1S/C32H29F3N4O5/c1-2-43-31(42)37-17-15-24(16-18-37)39-27(19-38-28(40)25-5-3-4-6-26(25)29(38)41)36-44-30(39)22-9-7-20(8-10-22)21-11-13-23(14-12-21)32(33,34)35/h3-14,24,30H,2,15-19H2,1H3. The molecule has 0 spiro atoms. The number of piperidine rings is 1. The van der Waals surface area contributed by atoms with Gasteiger partial charge in [-0.15, -0.1) is 0 Å². The van der Waals surface area contributed by atoms with Gasteiger partial charge < -0.3 is 19.4 Å². The lowest BCUT2D eigenvalue weighted by Crippen LogP contribution is -2.51. The van der Waals surface area contributed by atoms with Gasteiger partial charge in [0.05, 0.1) is 29.8 Å². The normalized spacial score (nSPS) is 18.8. The van der Waals surface area contributed by atoms with Crippen LogP contribution in [0.4, 0.5) is 18.0 Å². The Bertz CT molecular complexity index is 1560. The summed E-state index contributed by atoms with van der Waals surface area (Å²) in [4.78, 5) is 49.2. The quantitative estimate of drug-likeness (QED) is 0.323. The van der Waals surface area contributed by atoms with Gasteiger partial charge in [0.2, 0.25) is 6.23 Å². The maximum Gasteiger partial charge on any atom is 0.416 e. The van der Waals surface area contributed by atoms with Crippen LogP contribution in [-0.4, -0.2) is 70.7 Å². The molecule has 3 aliphatic heterocycles. The van der Waals surface area contributed by atoms with E-state index in [9.17, 15) is 27.6 Å². The Balaban J connectivity index is 1.24. The lowest BCUT2D eigenvalue weighted by atomic mass is 9.99. The molecule has 1 atom stereocenters. The molecule has 3 heterocycles. The second kappa shape index (κ2) is 11.7. The van der Waals surface area contributed by atoms with Gasteiger partial charge in [0.1, 0.15) is 0 Å². The summed E-state index contributed by atoms with van der Waals surface area (Å²) in [5.41, 5.74) is 2.03. The first kappa shape index (κ1) is 29.2. The summed E-state index contributed by atoms with van der Waals surface area (Å²) in [5, 5.41) is 4.33. The molecule has 3 amide bonds. The molecule has 3 aromatic carbocycles. The molecule has 3 aliphatic rings. The molecule has 0 radical (unpaired) electrons. The van der Waals surface area contributed by atoms with Crippen molar-refractivity contribution in [2.24, 2.45) is 5.16 Å². The predicted octanol–water partition coefficient (Wildman–Crippen LogP) is 5.93. The van der Waals surface area contributed by atoms with Gasteiger partial charge in [0.15, 0.2) is 5.84 Å². The van der Waals surface area contributed by atoms with E-state index in [0.29, 0.717) is 48.5 Å². The van der Waals surface area contributed by atoms with Gasteiger partial charge in [-0.05, 0) is 55.2 Å². The van der Waals surface area contributed by atoms with Crippen molar-refractivity contribution in [1.29, 1.82) is 0 Å². The molecule has 9 nitrogen and oxygen atoms in total. The van der Waals surface area contributed by atoms with Crippen LogP contribution < -0.4 is 0 Å². The van der Waals surface area contributed by atoms with E-state index in [1.807, 2.05) is 17.0 Å². The Morgan fingerprint density at radius 1 is 0.909 bits per heavy atom. The van der Waals surface area contributed by atoms with Crippen molar-refractivity contribution < 1.29 is 37.1 Å². The second-order valence-corrected chi connectivity index (χ2v) is 10.7. The average molecular weight is 607 g/mol. The van der Waals surface area contributed by atoms with E-state index < -0.39 is 29.8 Å². The predicted molar refractivity (Wildman–Crippen MR) is 153 cm³/mol. The van der Waals surface area contributed by atoms with Crippen LogP contribution >= 0.6 is 0 Å². The number of amides is 3. The lowest BCUT2D eigenvalue weighted by Gasteiger charge is -2.39. The van der Waals surface area contributed by atoms with E-state index in [4.69, 9.17) is 9.57 Å². The molecule has 0 N–H and O–H groups in total. The second-order valence-electron chi connectivity index (χ2n) is 10.7. The summed E-state index contributed by atoms with van der Waals surface area (Å²) in [7, 11) is 0. The minimum Gasteiger partial charge on any atom is -0.450 e. The molecule has 0 aromatic heterocycles. The number of nitrogens with zero attached hydrogens (tertiary/aromatic N) is 4. The molecule has 228 valence electrons. The number of halogens is 3. The first-order valence-corrected chi connectivity index (χ1v) is 14.3. The Kier molecular flexibility index (Phi) is 7.74. The number of amidine groups is 1. The van der Waals surface area contributed by atoms with E-state index >= 15 is 0 Å². The molecule has 44 heavy (non-hydrogen) atoms. The minimum absolute atomic E-state index is 0.0927. The van der Waals surface area contributed by atoms with Crippen LogP contribution in [0, 0.1) is 0 Å². The molecule has 0 bridgehead atoms. The number of likely N-dealkylation sites (tertiary alicyclic amines) is 1. The first-order valence-electron chi connectivity index (χ1n) is 14.3. The first-order chi connectivity index (χ1) is 21.2. The lowest BCUT2D eigenvalue weighted by molar-refractivity contribution is -0.137. The van der Waals surface area contributed by atoms with E-state index in [1.165, 1.54) is 12.1 Å². The molecule has 6 rings (SSSR count). The number of benzene rings is 3. The number of hydrogen-bond donors (Lipinski definition) is 0. The summed E-state index contributed by atoms with van der Waals surface area (Å²) in [6.45, 7) is 2.83. The fourth-order valence-corrected chi connectivity index (χ4v) is 5.84. The molecular weight excluding hydrogens is 577 g/mol. The van der Waals surface area contributed by atoms with Crippen molar-refractivity contribution in [3.8, 4) is 11.1 Å². The summed E-state index contributed by atoms with van der Waals surface area (Å²) < 4.78 is 44.2. The summed E-state index contributed by atoms with van der Waals surface area (Å²) in [5.74, 6) is -0.407. The number of rotatable bonds is 6. The summed E-state index contributed by atoms with van der Waals surface area (Å²) in [6.07, 6.45) is -4.32. The Labute approximate surface area is 251 Å².